The Hall–Kier alpha value is -3.62. The number of ether oxygens (including phenoxy) is 2. The smallest absolute Gasteiger partial charge is 0.337 e. The lowest BCUT2D eigenvalue weighted by molar-refractivity contribution is -0.147. The maximum absolute atomic E-state index is 11.7. The van der Waals surface area contributed by atoms with E-state index < -0.39 is 30.4 Å². The fourth-order valence-electron chi connectivity index (χ4n) is 1.97. The Labute approximate surface area is 154 Å². The molecule has 1 aromatic carbocycles. The number of hydrogen-bond donors (Lipinski definition) is 2. The standard InChI is InChI=1S/C18H18N2O7/c1-25-18(24)13-6-4-12(5-7-13)9-19-15(21)11-27-16(22)10-20-17(23)14-3-2-8-26-14/h2-8H,9-11H2,1H3,(H,19,21)(H,20,23). The Morgan fingerprint density at radius 3 is 2.41 bits per heavy atom. The van der Waals surface area contributed by atoms with Crippen molar-refractivity contribution in [2.45, 2.75) is 6.54 Å². The minimum absolute atomic E-state index is 0.0683. The van der Waals surface area contributed by atoms with Crippen LogP contribution in [-0.2, 0) is 25.6 Å². The maximum Gasteiger partial charge on any atom is 0.337 e. The molecular weight excluding hydrogens is 356 g/mol. The van der Waals surface area contributed by atoms with Gasteiger partial charge in [-0.25, -0.2) is 4.79 Å². The summed E-state index contributed by atoms with van der Waals surface area (Å²) in [5.41, 5.74) is 1.16. The third-order valence-electron chi connectivity index (χ3n) is 3.37. The molecule has 0 atom stereocenters. The number of methoxy groups -OCH3 is 1. The zero-order valence-electron chi connectivity index (χ0n) is 14.5. The Bertz CT molecular complexity index is 798. The van der Waals surface area contributed by atoms with E-state index in [0.717, 1.165) is 5.56 Å². The Balaban J connectivity index is 1.66. The minimum atomic E-state index is -0.757. The van der Waals surface area contributed by atoms with Crippen molar-refractivity contribution in [2.75, 3.05) is 20.3 Å². The van der Waals surface area contributed by atoms with Gasteiger partial charge < -0.3 is 24.5 Å². The van der Waals surface area contributed by atoms with E-state index in [2.05, 4.69) is 15.4 Å². The van der Waals surface area contributed by atoms with Crippen molar-refractivity contribution in [2.24, 2.45) is 0 Å². The molecule has 0 unspecified atom stereocenters. The summed E-state index contributed by atoms with van der Waals surface area (Å²) in [6, 6.07) is 9.49. The van der Waals surface area contributed by atoms with E-state index in [4.69, 9.17) is 9.15 Å². The van der Waals surface area contributed by atoms with Crippen LogP contribution in [0.1, 0.15) is 26.5 Å². The number of amides is 2. The number of carbonyl (C=O) groups excluding carboxylic acids is 4. The molecule has 9 nitrogen and oxygen atoms in total. The number of nitrogens with one attached hydrogen (secondary N) is 2. The molecular formula is C18H18N2O7. The van der Waals surface area contributed by atoms with Crippen LogP contribution in [0.3, 0.4) is 0 Å². The first-order chi connectivity index (χ1) is 13.0. The van der Waals surface area contributed by atoms with Crippen molar-refractivity contribution in [1.82, 2.24) is 10.6 Å². The lowest BCUT2D eigenvalue weighted by atomic mass is 10.1. The van der Waals surface area contributed by atoms with Gasteiger partial charge in [0.1, 0.15) is 6.54 Å². The van der Waals surface area contributed by atoms with Crippen molar-refractivity contribution in [3.8, 4) is 0 Å². The minimum Gasteiger partial charge on any atom is -0.465 e. The normalized spacial score (nSPS) is 9.96. The first-order valence-electron chi connectivity index (χ1n) is 7.91. The van der Waals surface area contributed by atoms with Gasteiger partial charge >= 0.3 is 11.9 Å². The fraction of sp³-hybridized carbons (Fsp3) is 0.222. The topological polar surface area (TPSA) is 124 Å². The molecule has 2 N–H and O–H groups in total. The summed E-state index contributed by atoms with van der Waals surface area (Å²) in [5.74, 6) is -2.20. The Kier molecular flexibility index (Phi) is 7.12. The van der Waals surface area contributed by atoms with Gasteiger partial charge in [0, 0.05) is 6.54 Å². The number of carbonyl (C=O) groups is 4. The predicted octanol–water partition coefficient (Wildman–Crippen LogP) is 0.656. The van der Waals surface area contributed by atoms with Crippen LogP contribution in [0.4, 0.5) is 0 Å². The second-order valence-corrected chi connectivity index (χ2v) is 5.29. The van der Waals surface area contributed by atoms with Crippen LogP contribution >= 0.6 is 0 Å². The molecule has 142 valence electrons. The zero-order chi connectivity index (χ0) is 19.6. The number of esters is 2. The van der Waals surface area contributed by atoms with Gasteiger partial charge in [-0.1, -0.05) is 12.1 Å². The lowest BCUT2D eigenvalue weighted by Crippen LogP contribution is -2.33. The number of hydrogen-bond acceptors (Lipinski definition) is 7. The largest absolute Gasteiger partial charge is 0.465 e. The van der Waals surface area contributed by atoms with Gasteiger partial charge in [0.2, 0.25) is 0 Å². The number of benzene rings is 1. The van der Waals surface area contributed by atoms with Gasteiger partial charge in [-0.2, -0.15) is 0 Å². The highest BCUT2D eigenvalue weighted by atomic mass is 16.5. The average Bonchev–Trinajstić information content (AvgIpc) is 3.23. The van der Waals surface area contributed by atoms with Crippen molar-refractivity contribution in [3.05, 3.63) is 59.5 Å². The van der Waals surface area contributed by atoms with E-state index in [0.29, 0.717) is 5.56 Å². The molecule has 0 radical (unpaired) electrons. The van der Waals surface area contributed by atoms with Crippen LogP contribution in [0.25, 0.3) is 0 Å². The fourth-order valence-corrected chi connectivity index (χ4v) is 1.97. The van der Waals surface area contributed by atoms with Crippen LogP contribution in [0, 0.1) is 0 Å². The molecule has 2 amide bonds. The monoisotopic (exact) mass is 374 g/mol. The number of furan rings is 1. The summed E-state index contributed by atoms with van der Waals surface area (Å²) in [6.45, 7) is -0.662. The Morgan fingerprint density at radius 2 is 1.78 bits per heavy atom. The molecule has 0 bridgehead atoms. The SMILES string of the molecule is COC(=O)c1ccc(CNC(=O)COC(=O)CNC(=O)c2ccco2)cc1. The molecule has 0 aliphatic rings. The van der Waals surface area contributed by atoms with Gasteiger partial charge in [-0.05, 0) is 29.8 Å². The highest BCUT2D eigenvalue weighted by molar-refractivity contribution is 5.93. The molecule has 0 saturated carbocycles. The van der Waals surface area contributed by atoms with Gasteiger partial charge in [0.15, 0.2) is 12.4 Å². The van der Waals surface area contributed by atoms with Gasteiger partial charge in [0.05, 0.1) is 18.9 Å². The molecule has 0 saturated heterocycles. The van der Waals surface area contributed by atoms with Gasteiger partial charge in [0.25, 0.3) is 11.8 Å². The van der Waals surface area contributed by atoms with Crippen molar-refractivity contribution in [1.29, 1.82) is 0 Å². The van der Waals surface area contributed by atoms with Crippen molar-refractivity contribution in [3.63, 3.8) is 0 Å². The molecule has 1 aromatic heterocycles. The maximum atomic E-state index is 11.7. The van der Waals surface area contributed by atoms with E-state index in [-0.39, 0.29) is 18.8 Å². The molecule has 9 heteroatoms. The van der Waals surface area contributed by atoms with E-state index in [1.165, 1.54) is 19.4 Å². The third kappa shape index (κ3) is 6.31. The second-order valence-electron chi connectivity index (χ2n) is 5.29. The first-order valence-corrected chi connectivity index (χ1v) is 7.91. The van der Waals surface area contributed by atoms with Crippen LogP contribution in [0.2, 0.25) is 0 Å². The van der Waals surface area contributed by atoms with E-state index in [1.54, 1.807) is 30.3 Å². The molecule has 2 rings (SSSR count). The van der Waals surface area contributed by atoms with Crippen molar-refractivity contribution >= 4 is 23.8 Å². The second kappa shape index (κ2) is 9.76. The van der Waals surface area contributed by atoms with Crippen LogP contribution in [-0.4, -0.2) is 44.0 Å². The third-order valence-corrected chi connectivity index (χ3v) is 3.37. The summed E-state index contributed by atoms with van der Waals surface area (Å²) < 4.78 is 14.2. The van der Waals surface area contributed by atoms with Crippen LogP contribution < -0.4 is 10.6 Å². The summed E-state index contributed by atoms with van der Waals surface area (Å²) >= 11 is 0. The molecule has 0 fully saturated rings. The lowest BCUT2D eigenvalue weighted by Gasteiger charge is -2.08. The van der Waals surface area contributed by atoms with Crippen LogP contribution in [0.5, 0.6) is 0 Å². The number of rotatable bonds is 8. The first kappa shape index (κ1) is 19.7. The van der Waals surface area contributed by atoms with Crippen LogP contribution in [0.15, 0.2) is 47.1 Å². The Morgan fingerprint density at radius 1 is 1.04 bits per heavy atom. The molecule has 1 heterocycles. The molecule has 0 aliphatic heterocycles. The molecule has 27 heavy (non-hydrogen) atoms. The van der Waals surface area contributed by atoms with Gasteiger partial charge in [-0.3, -0.25) is 14.4 Å². The zero-order valence-corrected chi connectivity index (χ0v) is 14.5. The molecule has 0 spiro atoms. The van der Waals surface area contributed by atoms with E-state index in [1.807, 2.05) is 0 Å². The molecule has 2 aromatic rings. The molecule has 0 aliphatic carbocycles. The average molecular weight is 374 g/mol. The van der Waals surface area contributed by atoms with E-state index >= 15 is 0 Å². The summed E-state index contributed by atoms with van der Waals surface area (Å²) in [7, 11) is 1.29. The highest BCUT2D eigenvalue weighted by Gasteiger charge is 2.12. The van der Waals surface area contributed by atoms with Crippen molar-refractivity contribution < 1.29 is 33.1 Å². The summed E-state index contributed by atoms with van der Waals surface area (Å²) in [4.78, 5) is 46.1. The predicted molar refractivity (Wildman–Crippen MR) is 91.6 cm³/mol. The highest BCUT2D eigenvalue weighted by Crippen LogP contribution is 2.05. The van der Waals surface area contributed by atoms with E-state index in [9.17, 15) is 19.2 Å². The quantitative estimate of drug-likeness (QED) is 0.650. The van der Waals surface area contributed by atoms with Gasteiger partial charge in [-0.15, -0.1) is 0 Å². The summed E-state index contributed by atoms with van der Waals surface area (Å²) in [5, 5.41) is 4.88. The summed E-state index contributed by atoms with van der Waals surface area (Å²) in [6.07, 6.45) is 1.33.